The summed E-state index contributed by atoms with van der Waals surface area (Å²) in [6, 6.07) is 9.34. The molecule has 0 atom stereocenters. The van der Waals surface area contributed by atoms with Crippen LogP contribution < -0.4 is 15.5 Å². The molecule has 0 unspecified atom stereocenters. The van der Waals surface area contributed by atoms with Gasteiger partial charge in [-0.05, 0) is 29.8 Å². The summed E-state index contributed by atoms with van der Waals surface area (Å²) in [4.78, 5) is 24.5. The Kier molecular flexibility index (Phi) is 6.53. The molecule has 0 saturated heterocycles. The molecule has 0 saturated carbocycles. The molecule has 2 N–H and O–H groups in total. The number of hydrogen-bond acceptors (Lipinski definition) is 4. The Balaban J connectivity index is 1.75. The Morgan fingerprint density at radius 1 is 1.03 bits per heavy atom. The quantitative estimate of drug-likeness (QED) is 0.618. The number of aliphatic hydroxyl groups is 1. The third-order valence-corrected chi connectivity index (χ3v) is 4.17. The van der Waals surface area contributed by atoms with Crippen molar-refractivity contribution in [2.75, 3.05) is 5.32 Å². The molecule has 9 heteroatoms. The van der Waals surface area contributed by atoms with Gasteiger partial charge in [0.25, 0.3) is 0 Å². The summed E-state index contributed by atoms with van der Waals surface area (Å²) < 4.78 is 46.4. The first-order valence-corrected chi connectivity index (χ1v) is 8.82. The number of anilines is 1. The van der Waals surface area contributed by atoms with Gasteiger partial charge in [-0.1, -0.05) is 12.1 Å². The number of aromatic nitrogens is 1. The smallest absolute Gasteiger partial charge is 0.244 e. The van der Waals surface area contributed by atoms with E-state index in [-0.39, 0.29) is 30.3 Å². The van der Waals surface area contributed by atoms with Crippen LogP contribution in [0.5, 0.6) is 5.75 Å². The first kappa shape index (κ1) is 21.1. The van der Waals surface area contributed by atoms with E-state index in [1.165, 1.54) is 35.0 Å². The average molecular weight is 418 g/mol. The molecule has 3 aromatic rings. The molecule has 3 rings (SSSR count). The molecule has 0 aliphatic rings. The number of nitrogens with one attached hydrogen (secondary N) is 1. The maximum atomic E-state index is 13.7. The maximum Gasteiger partial charge on any atom is 0.244 e. The van der Waals surface area contributed by atoms with E-state index in [0.717, 1.165) is 18.2 Å². The Bertz CT molecular complexity index is 1110. The lowest BCUT2D eigenvalue weighted by molar-refractivity contribution is -0.116. The number of amides is 1. The van der Waals surface area contributed by atoms with E-state index < -0.39 is 35.4 Å². The Hall–Kier alpha value is -3.59. The highest BCUT2D eigenvalue weighted by Gasteiger charge is 2.13. The van der Waals surface area contributed by atoms with Gasteiger partial charge >= 0.3 is 0 Å². The summed E-state index contributed by atoms with van der Waals surface area (Å²) in [6.07, 6.45) is 1.25. The van der Waals surface area contributed by atoms with Crippen LogP contribution in [0.25, 0.3) is 0 Å². The third kappa shape index (κ3) is 5.26. The molecule has 0 aliphatic carbocycles. The fourth-order valence-corrected chi connectivity index (χ4v) is 2.66. The van der Waals surface area contributed by atoms with Gasteiger partial charge in [-0.25, -0.2) is 13.2 Å². The summed E-state index contributed by atoms with van der Waals surface area (Å²) in [6.45, 7) is -0.896. The average Bonchev–Trinajstić information content (AvgIpc) is 2.71. The molecular weight excluding hydrogens is 401 g/mol. The first-order valence-electron chi connectivity index (χ1n) is 8.82. The van der Waals surface area contributed by atoms with E-state index in [9.17, 15) is 27.9 Å². The number of rotatable bonds is 7. The van der Waals surface area contributed by atoms with Crippen molar-refractivity contribution in [1.82, 2.24) is 4.57 Å². The second kappa shape index (κ2) is 9.27. The Morgan fingerprint density at radius 3 is 2.40 bits per heavy atom. The van der Waals surface area contributed by atoms with Gasteiger partial charge in [0, 0.05) is 17.8 Å². The molecular formula is C21H17F3N2O4. The number of halogens is 3. The Labute approximate surface area is 169 Å². The molecule has 0 spiro atoms. The number of carbonyl (C=O) groups is 1. The van der Waals surface area contributed by atoms with E-state index in [2.05, 4.69) is 5.32 Å². The summed E-state index contributed by atoms with van der Waals surface area (Å²) in [7, 11) is 0. The van der Waals surface area contributed by atoms with Crippen molar-refractivity contribution in [2.24, 2.45) is 0 Å². The predicted octanol–water partition coefficient (Wildman–Crippen LogP) is 2.98. The van der Waals surface area contributed by atoms with E-state index in [1.54, 1.807) is 0 Å². The molecule has 0 fully saturated rings. The first-order chi connectivity index (χ1) is 14.4. The molecule has 30 heavy (non-hydrogen) atoms. The van der Waals surface area contributed by atoms with Crippen LogP contribution in [0, 0.1) is 17.5 Å². The molecule has 0 bridgehead atoms. The summed E-state index contributed by atoms with van der Waals surface area (Å²) in [5.74, 6) is -2.87. The lowest BCUT2D eigenvalue weighted by Gasteiger charge is -2.15. The van der Waals surface area contributed by atoms with Crippen LogP contribution in [0.2, 0.25) is 0 Å². The summed E-state index contributed by atoms with van der Waals surface area (Å²) in [5.41, 5.74) is 0.0464. The SMILES string of the molecule is O=C(Cn1cc(OCc2ccc(F)cc2)c(=O)cc1CO)Nc1ccc(F)cc1F. The molecule has 6 nitrogen and oxygen atoms in total. The number of aliphatic hydroxyl groups excluding tert-OH is 1. The number of hydrogen-bond donors (Lipinski definition) is 2. The minimum atomic E-state index is -0.936. The fourth-order valence-electron chi connectivity index (χ4n) is 2.66. The van der Waals surface area contributed by atoms with Gasteiger partial charge in [0.1, 0.15) is 30.6 Å². The standard InChI is InChI=1S/C21H17F3N2O4/c22-14-3-1-13(2-4-14)12-30-20-9-26(16(11-27)8-19(20)28)10-21(29)25-18-6-5-15(23)7-17(18)24/h1-9,27H,10-12H2,(H,25,29). The van der Waals surface area contributed by atoms with Gasteiger partial charge in [-0.15, -0.1) is 0 Å². The highest BCUT2D eigenvalue weighted by molar-refractivity contribution is 5.90. The monoisotopic (exact) mass is 418 g/mol. The highest BCUT2D eigenvalue weighted by Crippen LogP contribution is 2.16. The van der Waals surface area contributed by atoms with Crippen molar-refractivity contribution >= 4 is 11.6 Å². The molecule has 1 aromatic heterocycles. The summed E-state index contributed by atoms with van der Waals surface area (Å²) in [5, 5.41) is 11.8. The minimum absolute atomic E-state index is 0.0129. The van der Waals surface area contributed by atoms with Crippen LogP contribution >= 0.6 is 0 Å². The lowest BCUT2D eigenvalue weighted by atomic mass is 10.2. The Morgan fingerprint density at radius 2 is 1.73 bits per heavy atom. The van der Waals surface area contributed by atoms with E-state index in [1.807, 2.05) is 0 Å². The maximum absolute atomic E-state index is 13.7. The van der Waals surface area contributed by atoms with Crippen LogP contribution in [0.1, 0.15) is 11.3 Å². The van der Waals surface area contributed by atoms with Crippen LogP contribution in [-0.4, -0.2) is 15.6 Å². The van der Waals surface area contributed by atoms with E-state index in [0.29, 0.717) is 11.6 Å². The number of benzene rings is 2. The van der Waals surface area contributed by atoms with Crippen molar-refractivity contribution < 1.29 is 27.8 Å². The number of ether oxygens (including phenoxy) is 1. The van der Waals surface area contributed by atoms with E-state index >= 15 is 0 Å². The van der Waals surface area contributed by atoms with Crippen molar-refractivity contribution in [3.05, 3.63) is 93.7 Å². The topological polar surface area (TPSA) is 80.6 Å². The number of carbonyl (C=O) groups excluding carboxylic acids is 1. The van der Waals surface area contributed by atoms with Crippen molar-refractivity contribution in [3.8, 4) is 5.75 Å². The summed E-state index contributed by atoms with van der Waals surface area (Å²) >= 11 is 0. The normalized spacial score (nSPS) is 10.7. The van der Waals surface area contributed by atoms with Gasteiger partial charge < -0.3 is 19.7 Å². The highest BCUT2D eigenvalue weighted by atomic mass is 19.1. The van der Waals surface area contributed by atoms with Crippen LogP contribution in [0.4, 0.5) is 18.9 Å². The lowest BCUT2D eigenvalue weighted by Crippen LogP contribution is -2.23. The van der Waals surface area contributed by atoms with Crippen molar-refractivity contribution in [3.63, 3.8) is 0 Å². The molecule has 0 radical (unpaired) electrons. The zero-order valence-corrected chi connectivity index (χ0v) is 15.6. The second-order valence-corrected chi connectivity index (χ2v) is 6.37. The van der Waals surface area contributed by atoms with Crippen molar-refractivity contribution in [2.45, 2.75) is 19.8 Å². The molecule has 1 amide bonds. The second-order valence-electron chi connectivity index (χ2n) is 6.37. The van der Waals surface area contributed by atoms with Gasteiger partial charge in [0.05, 0.1) is 18.5 Å². The van der Waals surface area contributed by atoms with Crippen LogP contribution in [0.15, 0.2) is 59.5 Å². The largest absolute Gasteiger partial charge is 0.483 e. The van der Waals surface area contributed by atoms with Crippen LogP contribution in [-0.2, 0) is 24.6 Å². The van der Waals surface area contributed by atoms with Gasteiger partial charge in [0.15, 0.2) is 5.75 Å². The molecule has 156 valence electrons. The zero-order chi connectivity index (χ0) is 21.7. The van der Waals surface area contributed by atoms with Crippen molar-refractivity contribution in [1.29, 1.82) is 0 Å². The third-order valence-electron chi connectivity index (χ3n) is 4.17. The van der Waals surface area contributed by atoms with E-state index in [4.69, 9.17) is 4.74 Å². The van der Waals surface area contributed by atoms with Gasteiger partial charge in [-0.3, -0.25) is 9.59 Å². The van der Waals surface area contributed by atoms with Gasteiger partial charge in [-0.2, -0.15) is 0 Å². The predicted molar refractivity (Wildman–Crippen MR) is 102 cm³/mol. The number of nitrogens with zero attached hydrogens (tertiary/aromatic N) is 1. The fraction of sp³-hybridized carbons (Fsp3) is 0.143. The zero-order valence-electron chi connectivity index (χ0n) is 15.6. The number of pyridine rings is 1. The van der Waals surface area contributed by atoms with Crippen LogP contribution in [0.3, 0.4) is 0 Å². The van der Waals surface area contributed by atoms with Gasteiger partial charge in [0.2, 0.25) is 11.3 Å². The molecule has 0 aliphatic heterocycles. The molecule has 1 heterocycles. The minimum Gasteiger partial charge on any atom is -0.483 e. The molecule has 2 aromatic carbocycles.